The third-order valence-corrected chi connectivity index (χ3v) is 4.33. The van der Waals surface area contributed by atoms with Crippen LogP contribution in [0.5, 0.6) is 11.5 Å². The summed E-state index contributed by atoms with van der Waals surface area (Å²) < 4.78 is 10.7. The number of ether oxygens (including phenoxy) is 2. The topological polar surface area (TPSA) is 87.2 Å². The first-order valence-corrected chi connectivity index (χ1v) is 9.33. The summed E-state index contributed by atoms with van der Waals surface area (Å²) in [6.45, 7) is 7.22. The van der Waals surface area contributed by atoms with E-state index in [0.29, 0.717) is 19.1 Å². The highest BCUT2D eigenvalue weighted by Crippen LogP contribution is 2.30. The molecule has 1 heterocycles. The molecule has 0 aromatic heterocycles. The fourth-order valence-electron chi connectivity index (χ4n) is 3.00. The maximum atomic E-state index is 10.9. The Hall–Kier alpha value is -2.64. The highest BCUT2D eigenvalue weighted by Gasteiger charge is 2.24. The number of nitrogens with one attached hydrogen (secondary N) is 3. The van der Waals surface area contributed by atoms with Gasteiger partial charge in [0.1, 0.15) is 11.5 Å². The van der Waals surface area contributed by atoms with E-state index in [9.17, 15) is 4.79 Å². The van der Waals surface area contributed by atoms with E-state index in [1.54, 1.807) is 14.2 Å². The SMILES string of the molecule is CCNC(=NCCNC(C)=O)NC1CCN(c2cc(OC)cc(OC)c2)C1. The van der Waals surface area contributed by atoms with Crippen LogP contribution in [0.4, 0.5) is 5.69 Å². The molecule has 2 rings (SSSR count). The largest absolute Gasteiger partial charge is 0.497 e. The van der Waals surface area contributed by atoms with Gasteiger partial charge in [0, 0.05) is 63.0 Å². The minimum atomic E-state index is -0.0386. The average Bonchev–Trinajstić information content (AvgIpc) is 3.13. The predicted octanol–water partition coefficient (Wildman–Crippen LogP) is 0.974. The molecular weight excluding hydrogens is 346 g/mol. The molecule has 0 bridgehead atoms. The number of benzene rings is 1. The number of amides is 1. The number of anilines is 1. The van der Waals surface area contributed by atoms with Crippen LogP contribution in [0.1, 0.15) is 20.3 Å². The van der Waals surface area contributed by atoms with Crippen molar-refractivity contribution in [2.24, 2.45) is 4.99 Å². The molecule has 1 aromatic carbocycles. The number of carbonyl (C=O) groups excluding carboxylic acids is 1. The molecule has 0 spiro atoms. The van der Waals surface area contributed by atoms with Crippen molar-refractivity contribution in [3.05, 3.63) is 18.2 Å². The van der Waals surface area contributed by atoms with Crippen LogP contribution in [-0.2, 0) is 4.79 Å². The Morgan fingerprint density at radius 3 is 2.52 bits per heavy atom. The number of nitrogens with zero attached hydrogens (tertiary/aromatic N) is 2. The fourth-order valence-corrected chi connectivity index (χ4v) is 3.00. The van der Waals surface area contributed by atoms with Crippen LogP contribution < -0.4 is 30.3 Å². The van der Waals surface area contributed by atoms with Gasteiger partial charge in [0.2, 0.25) is 5.91 Å². The summed E-state index contributed by atoms with van der Waals surface area (Å²) in [7, 11) is 3.32. The van der Waals surface area contributed by atoms with E-state index in [0.717, 1.165) is 49.2 Å². The Balaban J connectivity index is 1.95. The highest BCUT2D eigenvalue weighted by atomic mass is 16.5. The summed E-state index contributed by atoms with van der Waals surface area (Å²) in [6.07, 6.45) is 1.01. The van der Waals surface area contributed by atoms with Crippen molar-refractivity contribution in [1.29, 1.82) is 0 Å². The molecule has 8 heteroatoms. The molecule has 1 unspecified atom stereocenters. The van der Waals surface area contributed by atoms with Crippen LogP contribution in [0, 0.1) is 0 Å². The number of rotatable bonds is 8. The van der Waals surface area contributed by atoms with Crippen LogP contribution >= 0.6 is 0 Å². The first-order valence-electron chi connectivity index (χ1n) is 9.33. The number of aliphatic imine (C=N–C) groups is 1. The second-order valence-corrected chi connectivity index (χ2v) is 6.39. The van der Waals surface area contributed by atoms with E-state index in [1.807, 2.05) is 25.1 Å². The normalized spacial score (nSPS) is 16.8. The average molecular weight is 377 g/mol. The van der Waals surface area contributed by atoms with E-state index in [1.165, 1.54) is 6.92 Å². The lowest BCUT2D eigenvalue weighted by Crippen LogP contribution is -2.45. The maximum absolute atomic E-state index is 10.9. The van der Waals surface area contributed by atoms with Gasteiger partial charge in [-0.1, -0.05) is 0 Å². The molecule has 27 heavy (non-hydrogen) atoms. The van der Waals surface area contributed by atoms with E-state index < -0.39 is 0 Å². The van der Waals surface area contributed by atoms with E-state index in [2.05, 4.69) is 25.8 Å². The Morgan fingerprint density at radius 2 is 1.93 bits per heavy atom. The van der Waals surface area contributed by atoms with Crippen molar-refractivity contribution in [2.45, 2.75) is 26.3 Å². The molecule has 150 valence electrons. The molecule has 0 radical (unpaired) electrons. The summed E-state index contributed by atoms with van der Waals surface area (Å²) in [5.74, 6) is 2.31. The molecule has 1 aliphatic heterocycles. The molecule has 3 N–H and O–H groups in total. The van der Waals surface area contributed by atoms with Gasteiger partial charge in [-0.15, -0.1) is 0 Å². The zero-order valence-electron chi connectivity index (χ0n) is 16.7. The number of guanidine groups is 1. The van der Waals surface area contributed by atoms with Crippen LogP contribution in [0.2, 0.25) is 0 Å². The van der Waals surface area contributed by atoms with Crippen LogP contribution in [0.3, 0.4) is 0 Å². The third kappa shape index (κ3) is 6.54. The van der Waals surface area contributed by atoms with Crippen molar-refractivity contribution >= 4 is 17.6 Å². The molecule has 1 aliphatic rings. The van der Waals surface area contributed by atoms with Crippen molar-refractivity contribution in [3.63, 3.8) is 0 Å². The van der Waals surface area contributed by atoms with Gasteiger partial charge in [0.15, 0.2) is 5.96 Å². The molecule has 1 amide bonds. The lowest BCUT2D eigenvalue weighted by atomic mass is 10.2. The minimum Gasteiger partial charge on any atom is -0.497 e. The molecular formula is C19H31N5O3. The van der Waals surface area contributed by atoms with Gasteiger partial charge in [-0.3, -0.25) is 9.79 Å². The number of hydrogen-bond acceptors (Lipinski definition) is 5. The quantitative estimate of drug-likeness (QED) is 0.356. The van der Waals surface area contributed by atoms with Crippen molar-refractivity contribution in [2.75, 3.05) is 51.8 Å². The Kier molecular flexibility index (Phi) is 8.03. The van der Waals surface area contributed by atoms with Crippen molar-refractivity contribution in [1.82, 2.24) is 16.0 Å². The Bertz CT molecular complexity index is 628. The Morgan fingerprint density at radius 1 is 1.22 bits per heavy atom. The Labute approximate surface area is 161 Å². The van der Waals surface area contributed by atoms with Gasteiger partial charge in [-0.2, -0.15) is 0 Å². The van der Waals surface area contributed by atoms with Gasteiger partial charge in [0.25, 0.3) is 0 Å². The van der Waals surface area contributed by atoms with E-state index in [-0.39, 0.29) is 5.91 Å². The van der Waals surface area contributed by atoms with E-state index >= 15 is 0 Å². The number of carbonyl (C=O) groups is 1. The third-order valence-electron chi connectivity index (χ3n) is 4.33. The van der Waals surface area contributed by atoms with Crippen molar-refractivity contribution in [3.8, 4) is 11.5 Å². The second-order valence-electron chi connectivity index (χ2n) is 6.39. The fraction of sp³-hybridized carbons (Fsp3) is 0.579. The molecule has 1 atom stereocenters. The highest BCUT2D eigenvalue weighted by molar-refractivity contribution is 5.80. The summed E-state index contributed by atoms with van der Waals surface area (Å²) in [5.41, 5.74) is 1.09. The standard InChI is InChI=1S/C19H31N5O3/c1-5-20-19(22-8-7-21-14(2)25)23-15-6-9-24(13-15)16-10-17(26-3)12-18(11-16)27-4/h10-12,15H,5-9,13H2,1-4H3,(H,21,25)(H2,20,22,23). The van der Waals surface area contributed by atoms with Crippen LogP contribution in [-0.4, -0.2) is 64.9 Å². The monoisotopic (exact) mass is 377 g/mol. The summed E-state index contributed by atoms with van der Waals surface area (Å²) >= 11 is 0. The molecule has 8 nitrogen and oxygen atoms in total. The van der Waals surface area contributed by atoms with E-state index in [4.69, 9.17) is 9.47 Å². The van der Waals surface area contributed by atoms with Gasteiger partial charge < -0.3 is 30.3 Å². The molecule has 0 aliphatic carbocycles. The lowest BCUT2D eigenvalue weighted by molar-refractivity contribution is -0.118. The molecule has 1 aromatic rings. The molecule has 1 fully saturated rings. The smallest absolute Gasteiger partial charge is 0.216 e. The zero-order chi connectivity index (χ0) is 19.6. The minimum absolute atomic E-state index is 0.0386. The van der Waals surface area contributed by atoms with Gasteiger partial charge >= 0.3 is 0 Å². The zero-order valence-corrected chi connectivity index (χ0v) is 16.7. The first-order chi connectivity index (χ1) is 13.0. The predicted molar refractivity (Wildman–Crippen MR) is 108 cm³/mol. The first kappa shape index (κ1) is 20.7. The van der Waals surface area contributed by atoms with Gasteiger partial charge in [-0.05, 0) is 13.3 Å². The lowest BCUT2D eigenvalue weighted by Gasteiger charge is -2.21. The maximum Gasteiger partial charge on any atom is 0.216 e. The van der Waals surface area contributed by atoms with Gasteiger partial charge in [0.05, 0.1) is 20.8 Å². The van der Waals surface area contributed by atoms with Crippen LogP contribution in [0.25, 0.3) is 0 Å². The summed E-state index contributed by atoms with van der Waals surface area (Å²) in [4.78, 5) is 17.8. The molecule has 0 saturated carbocycles. The van der Waals surface area contributed by atoms with Crippen molar-refractivity contribution < 1.29 is 14.3 Å². The van der Waals surface area contributed by atoms with Gasteiger partial charge in [-0.25, -0.2) is 0 Å². The summed E-state index contributed by atoms with van der Waals surface area (Å²) in [5, 5.41) is 9.49. The second kappa shape index (κ2) is 10.5. The number of methoxy groups -OCH3 is 2. The molecule has 1 saturated heterocycles. The van der Waals surface area contributed by atoms with Crippen LogP contribution in [0.15, 0.2) is 23.2 Å². The number of hydrogen-bond donors (Lipinski definition) is 3. The summed E-state index contributed by atoms with van der Waals surface area (Å²) in [6, 6.07) is 6.22.